The topological polar surface area (TPSA) is 118 Å². The number of rotatable bonds is 3. The quantitative estimate of drug-likeness (QED) is 0.281. The van der Waals surface area contributed by atoms with Crippen molar-refractivity contribution in [1.82, 2.24) is 4.98 Å². The highest BCUT2D eigenvalue weighted by molar-refractivity contribution is 7.99. The number of hydrogen-bond acceptors (Lipinski definition) is 7. The average molecular weight is 297 g/mol. The molecule has 1 atom stereocenters. The maximum Gasteiger partial charge on any atom is 0.298 e. The number of oxime groups is 1. The van der Waals surface area contributed by atoms with Gasteiger partial charge in [-0.3, -0.25) is 10.1 Å². The maximum absolute atomic E-state index is 11.0. The molecule has 0 aliphatic carbocycles. The summed E-state index contributed by atoms with van der Waals surface area (Å²) in [5.74, 6) is 2.18. The van der Waals surface area contributed by atoms with Gasteiger partial charge in [-0.1, -0.05) is 5.16 Å². The molecule has 1 aliphatic rings. The number of aromatic nitrogens is 1. The molecule has 1 unspecified atom stereocenters. The second-order valence-corrected chi connectivity index (χ2v) is 5.55. The number of amidine groups is 1. The average Bonchev–Trinajstić information content (AvgIpc) is 2.46. The second kappa shape index (κ2) is 5.95. The van der Waals surface area contributed by atoms with Crippen LogP contribution in [0.25, 0.3) is 0 Å². The van der Waals surface area contributed by atoms with Crippen LogP contribution < -0.4 is 10.6 Å². The van der Waals surface area contributed by atoms with Crippen molar-refractivity contribution in [2.45, 2.75) is 13.0 Å². The number of nitro groups is 1. The van der Waals surface area contributed by atoms with E-state index in [4.69, 9.17) is 10.9 Å². The minimum absolute atomic E-state index is 0.111. The largest absolute Gasteiger partial charge is 0.409 e. The zero-order chi connectivity index (χ0) is 14.7. The fraction of sp³-hybridized carbons (Fsp3) is 0.455. The lowest BCUT2D eigenvalue weighted by molar-refractivity contribution is -0.385. The first kappa shape index (κ1) is 14.4. The van der Waals surface area contributed by atoms with Crippen LogP contribution in [-0.4, -0.2) is 45.0 Å². The van der Waals surface area contributed by atoms with Crippen molar-refractivity contribution in [3.8, 4) is 0 Å². The predicted octanol–water partition coefficient (Wildman–Crippen LogP) is 1.03. The van der Waals surface area contributed by atoms with Gasteiger partial charge in [-0.05, 0) is 13.0 Å². The predicted molar refractivity (Wildman–Crippen MR) is 77.5 cm³/mol. The Balaban J connectivity index is 2.43. The molecule has 0 bridgehead atoms. The van der Waals surface area contributed by atoms with Gasteiger partial charge in [0.05, 0.1) is 4.92 Å². The Labute approximate surface area is 119 Å². The Morgan fingerprint density at radius 2 is 2.45 bits per heavy atom. The van der Waals surface area contributed by atoms with E-state index in [-0.39, 0.29) is 23.3 Å². The van der Waals surface area contributed by atoms with Gasteiger partial charge in [0.25, 0.3) is 5.69 Å². The third kappa shape index (κ3) is 2.77. The number of nitrogens with zero attached hydrogens (tertiary/aromatic N) is 4. The Morgan fingerprint density at radius 3 is 3.05 bits per heavy atom. The van der Waals surface area contributed by atoms with Crippen molar-refractivity contribution in [3.63, 3.8) is 0 Å². The summed E-state index contributed by atoms with van der Waals surface area (Å²) in [6, 6.07) is 3.21. The number of hydrogen-bond donors (Lipinski definition) is 2. The van der Waals surface area contributed by atoms with Gasteiger partial charge < -0.3 is 15.8 Å². The molecule has 0 amide bonds. The molecular formula is C11H15N5O3S. The van der Waals surface area contributed by atoms with Crippen LogP contribution in [0.15, 0.2) is 17.3 Å². The molecule has 3 N–H and O–H groups in total. The first-order valence-corrected chi connectivity index (χ1v) is 7.17. The summed E-state index contributed by atoms with van der Waals surface area (Å²) in [5, 5.41) is 22.5. The summed E-state index contributed by atoms with van der Waals surface area (Å²) in [7, 11) is 0. The maximum atomic E-state index is 11.0. The SMILES string of the molecule is CC1CSCCN1c1ccc([N+](=O)[O-])c(/C(N)=N/O)n1. The fourth-order valence-corrected chi connectivity index (χ4v) is 3.07. The fourth-order valence-electron chi connectivity index (χ4n) is 2.05. The lowest BCUT2D eigenvalue weighted by Crippen LogP contribution is -2.41. The first-order chi connectivity index (χ1) is 9.54. The molecule has 108 valence electrons. The molecule has 0 radical (unpaired) electrons. The lowest BCUT2D eigenvalue weighted by atomic mass is 10.2. The number of thioether (sulfide) groups is 1. The smallest absolute Gasteiger partial charge is 0.298 e. The highest BCUT2D eigenvalue weighted by atomic mass is 32.2. The van der Waals surface area contributed by atoms with Crippen LogP contribution in [0.1, 0.15) is 12.6 Å². The van der Waals surface area contributed by atoms with Crippen LogP contribution in [0.2, 0.25) is 0 Å². The molecule has 20 heavy (non-hydrogen) atoms. The zero-order valence-electron chi connectivity index (χ0n) is 10.9. The van der Waals surface area contributed by atoms with Gasteiger partial charge in [0.15, 0.2) is 11.5 Å². The second-order valence-electron chi connectivity index (χ2n) is 4.40. The molecule has 1 fully saturated rings. The van der Waals surface area contributed by atoms with Crippen molar-refractivity contribution >= 4 is 29.1 Å². The molecular weight excluding hydrogens is 282 g/mol. The van der Waals surface area contributed by atoms with Crippen molar-refractivity contribution in [2.75, 3.05) is 23.0 Å². The molecule has 0 spiro atoms. The molecule has 8 nitrogen and oxygen atoms in total. The Morgan fingerprint density at radius 1 is 1.70 bits per heavy atom. The lowest BCUT2D eigenvalue weighted by Gasteiger charge is -2.34. The zero-order valence-corrected chi connectivity index (χ0v) is 11.7. The van der Waals surface area contributed by atoms with E-state index in [1.807, 2.05) is 11.8 Å². The van der Waals surface area contributed by atoms with E-state index in [9.17, 15) is 10.1 Å². The minimum atomic E-state index is -0.598. The van der Waals surface area contributed by atoms with Gasteiger partial charge in [0.1, 0.15) is 5.82 Å². The van der Waals surface area contributed by atoms with E-state index in [0.717, 1.165) is 18.1 Å². The van der Waals surface area contributed by atoms with E-state index in [1.165, 1.54) is 6.07 Å². The molecule has 1 aromatic rings. The number of pyridine rings is 1. The van der Waals surface area contributed by atoms with Crippen molar-refractivity contribution in [1.29, 1.82) is 0 Å². The van der Waals surface area contributed by atoms with Gasteiger partial charge in [-0.25, -0.2) is 4.98 Å². The molecule has 1 aliphatic heterocycles. The minimum Gasteiger partial charge on any atom is -0.409 e. The Bertz CT molecular complexity index is 551. The van der Waals surface area contributed by atoms with Gasteiger partial charge >= 0.3 is 0 Å². The summed E-state index contributed by atoms with van der Waals surface area (Å²) >= 11 is 1.86. The van der Waals surface area contributed by atoms with E-state index < -0.39 is 4.92 Å². The highest BCUT2D eigenvalue weighted by Gasteiger charge is 2.24. The Kier molecular flexibility index (Phi) is 4.28. The van der Waals surface area contributed by atoms with Crippen LogP contribution >= 0.6 is 11.8 Å². The van der Waals surface area contributed by atoms with Crippen LogP contribution in [-0.2, 0) is 0 Å². The summed E-state index contributed by atoms with van der Waals surface area (Å²) in [5.41, 5.74) is 5.09. The van der Waals surface area contributed by atoms with E-state index in [1.54, 1.807) is 6.07 Å². The molecule has 1 aromatic heterocycles. The van der Waals surface area contributed by atoms with E-state index in [2.05, 4.69) is 22.0 Å². The monoisotopic (exact) mass is 297 g/mol. The third-order valence-corrected chi connectivity index (χ3v) is 4.26. The Hall–Kier alpha value is -2.03. The van der Waals surface area contributed by atoms with Crippen LogP contribution in [0.5, 0.6) is 0 Å². The van der Waals surface area contributed by atoms with Crippen molar-refractivity contribution < 1.29 is 10.1 Å². The molecule has 2 rings (SSSR count). The van der Waals surface area contributed by atoms with Gasteiger partial charge in [-0.15, -0.1) is 0 Å². The summed E-state index contributed by atoms with van der Waals surface area (Å²) in [6.45, 7) is 2.88. The number of nitrogens with two attached hydrogens (primary N) is 1. The standard InChI is InChI=1S/C11H15N5O3S/c1-7-6-20-5-4-15(7)9-3-2-8(16(18)19)10(13-9)11(12)14-17/h2-3,7,17H,4-6H2,1H3,(H2,12,14). The molecule has 9 heteroatoms. The molecule has 2 heterocycles. The van der Waals surface area contributed by atoms with Gasteiger partial charge in [-0.2, -0.15) is 11.8 Å². The van der Waals surface area contributed by atoms with Crippen LogP contribution in [0.3, 0.4) is 0 Å². The third-order valence-electron chi connectivity index (χ3n) is 3.07. The molecule has 0 aromatic carbocycles. The first-order valence-electron chi connectivity index (χ1n) is 6.02. The summed E-state index contributed by atoms with van der Waals surface area (Å²) < 4.78 is 0. The normalized spacial score (nSPS) is 19.9. The summed E-state index contributed by atoms with van der Waals surface area (Å²) in [6.07, 6.45) is 0. The van der Waals surface area contributed by atoms with E-state index in [0.29, 0.717) is 5.82 Å². The summed E-state index contributed by atoms with van der Waals surface area (Å²) in [4.78, 5) is 16.6. The number of anilines is 1. The van der Waals surface area contributed by atoms with Crippen LogP contribution in [0.4, 0.5) is 11.5 Å². The van der Waals surface area contributed by atoms with Gasteiger partial charge in [0.2, 0.25) is 0 Å². The highest BCUT2D eigenvalue weighted by Crippen LogP contribution is 2.25. The molecule has 1 saturated heterocycles. The molecule has 0 saturated carbocycles. The van der Waals surface area contributed by atoms with Crippen LogP contribution in [0, 0.1) is 10.1 Å². The van der Waals surface area contributed by atoms with Crippen molar-refractivity contribution in [3.05, 3.63) is 27.9 Å². The van der Waals surface area contributed by atoms with Gasteiger partial charge in [0, 0.05) is 30.2 Å². The van der Waals surface area contributed by atoms with Crippen molar-refractivity contribution in [2.24, 2.45) is 10.9 Å². The van der Waals surface area contributed by atoms with E-state index >= 15 is 0 Å².